The van der Waals surface area contributed by atoms with Gasteiger partial charge in [0.2, 0.25) is 9.84 Å². The van der Waals surface area contributed by atoms with Gasteiger partial charge in [-0.1, -0.05) is 12.1 Å². The molecule has 0 heterocycles. The average molecular weight is 673 g/mol. The molecule has 0 saturated heterocycles. The summed E-state index contributed by atoms with van der Waals surface area (Å²) in [5.41, 5.74) is 31.0. The van der Waals surface area contributed by atoms with E-state index in [0.29, 0.717) is 34.4 Å². The van der Waals surface area contributed by atoms with Crippen molar-refractivity contribution in [3.8, 4) is 23.0 Å². The largest absolute Gasteiger partial charge is 0.457 e. The first-order chi connectivity index (χ1) is 23.5. The highest BCUT2D eigenvalue weighted by Crippen LogP contribution is 2.29. The summed E-state index contributed by atoms with van der Waals surface area (Å²) < 4.78 is 37.3. The first-order valence-corrected chi connectivity index (χ1v) is 17.2. The molecule has 49 heavy (non-hydrogen) atoms. The number of anilines is 4. The lowest BCUT2D eigenvalue weighted by molar-refractivity contribution is 0.482. The molecule has 8 N–H and O–H groups in total. The van der Waals surface area contributed by atoms with E-state index in [1.165, 1.54) is 46.5 Å². The lowest BCUT2D eigenvalue weighted by Gasteiger charge is -2.09. The first kappa shape index (κ1) is 34.4. The van der Waals surface area contributed by atoms with Crippen molar-refractivity contribution in [1.82, 2.24) is 0 Å². The van der Waals surface area contributed by atoms with Crippen molar-refractivity contribution in [3.05, 3.63) is 156 Å². The number of ether oxygens (including phenoxy) is 2. The number of aryl methyl sites for hydroxylation is 4. The summed E-state index contributed by atoms with van der Waals surface area (Å²) in [5.74, 6) is 2.27. The van der Waals surface area contributed by atoms with E-state index >= 15 is 0 Å². The maximum atomic E-state index is 12.9. The minimum atomic E-state index is -3.67. The molecule has 0 aliphatic carbocycles. The van der Waals surface area contributed by atoms with Crippen molar-refractivity contribution < 1.29 is 17.9 Å². The van der Waals surface area contributed by atoms with Crippen LogP contribution in [0.1, 0.15) is 22.3 Å². The van der Waals surface area contributed by atoms with Crippen LogP contribution < -0.4 is 32.4 Å². The van der Waals surface area contributed by atoms with E-state index in [-0.39, 0.29) is 9.79 Å². The zero-order valence-electron chi connectivity index (χ0n) is 27.5. The predicted octanol–water partition coefficient (Wildman–Crippen LogP) is 8.52. The molecule has 0 aliphatic heterocycles. The number of nitrogens with two attached hydrogens (primary N) is 4. The van der Waals surface area contributed by atoms with E-state index in [1.807, 2.05) is 24.3 Å². The Bertz CT molecular complexity index is 1970. The normalized spacial score (nSPS) is 10.9. The van der Waals surface area contributed by atoms with Crippen LogP contribution in [0, 0.1) is 13.8 Å². The molecule has 6 aromatic rings. The Balaban J connectivity index is 0.000000221. The number of nitrogen functional groups attached to an aromatic ring is 4. The van der Waals surface area contributed by atoms with Crippen LogP contribution in [0.5, 0.6) is 23.0 Å². The van der Waals surface area contributed by atoms with Gasteiger partial charge in [0.05, 0.1) is 9.79 Å². The number of hydrogen-bond donors (Lipinski definition) is 4. The topological polar surface area (TPSA) is 157 Å². The fourth-order valence-electron chi connectivity index (χ4n) is 5.12. The van der Waals surface area contributed by atoms with Crippen molar-refractivity contribution in [2.45, 2.75) is 36.5 Å². The molecule has 0 bridgehead atoms. The number of sulfone groups is 1. The second kappa shape index (κ2) is 15.3. The summed E-state index contributed by atoms with van der Waals surface area (Å²) in [6.07, 6.45) is 2.08. The van der Waals surface area contributed by atoms with Crippen LogP contribution in [-0.2, 0) is 22.7 Å². The third kappa shape index (κ3) is 9.33. The third-order valence-corrected chi connectivity index (χ3v) is 9.68. The Hall–Kier alpha value is -5.93. The molecule has 0 radical (unpaired) electrons. The number of rotatable bonds is 9. The van der Waals surface area contributed by atoms with Crippen molar-refractivity contribution in [2.75, 3.05) is 22.9 Å². The smallest absolute Gasteiger partial charge is 0.206 e. The average Bonchev–Trinajstić information content (AvgIpc) is 3.08. The summed E-state index contributed by atoms with van der Waals surface area (Å²) >= 11 is 0. The van der Waals surface area contributed by atoms with Crippen molar-refractivity contribution in [1.29, 1.82) is 0 Å². The third-order valence-electron chi connectivity index (χ3n) is 7.90. The Labute approximate surface area is 287 Å². The molecule has 0 amide bonds. The maximum absolute atomic E-state index is 12.9. The van der Waals surface area contributed by atoms with Gasteiger partial charge in [-0.05, 0) is 170 Å². The van der Waals surface area contributed by atoms with Crippen LogP contribution >= 0.6 is 0 Å². The molecular formula is C40H40N4O4S. The zero-order chi connectivity index (χ0) is 35.0. The van der Waals surface area contributed by atoms with Gasteiger partial charge in [-0.25, -0.2) is 8.42 Å². The SMILES string of the molecule is Cc1cc(N)ccc1CCc1ccc(N)cc1C.Nc1ccc(Oc2ccc(S(=O)(=O)c3ccc(Oc4ccc(N)cc4)cc3)cc2)cc1. The van der Waals surface area contributed by atoms with Crippen LogP contribution in [0.15, 0.2) is 143 Å². The van der Waals surface area contributed by atoms with Gasteiger partial charge in [0, 0.05) is 22.7 Å². The fraction of sp³-hybridized carbons (Fsp3) is 0.100. The van der Waals surface area contributed by atoms with Gasteiger partial charge < -0.3 is 32.4 Å². The maximum Gasteiger partial charge on any atom is 0.206 e. The van der Waals surface area contributed by atoms with E-state index in [2.05, 4.69) is 26.0 Å². The van der Waals surface area contributed by atoms with Gasteiger partial charge in [-0.3, -0.25) is 0 Å². The Morgan fingerprint density at radius 2 is 0.714 bits per heavy atom. The lowest BCUT2D eigenvalue weighted by atomic mass is 9.97. The van der Waals surface area contributed by atoms with Crippen LogP contribution in [0.2, 0.25) is 0 Å². The van der Waals surface area contributed by atoms with E-state index in [4.69, 9.17) is 32.4 Å². The van der Waals surface area contributed by atoms with Crippen molar-refractivity contribution >= 4 is 32.6 Å². The first-order valence-electron chi connectivity index (χ1n) is 15.7. The molecule has 9 heteroatoms. The molecule has 0 saturated carbocycles. The van der Waals surface area contributed by atoms with Gasteiger partial charge >= 0.3 is 0 Å². The second-order valence-corrected chi connectivity index (χ2v) is 13.6. The van der Waals surface area contributed by atoms with Crippen LogP contribution in [-0.4, -0.2) is 8.42 Å². The summed E-state index contributed by atoms with van der Waals surface area (Å²) in [6, 6.07) is 38.7. The minimum Gasteiger partial charge on any atom is -0.457 e. The van der Waals surface area contributed by atoms with Gasteiger partial charge in [0.1, 0.15) is 23.0 Å². The van der Waals surface area contributed by atoms with E-state index in [1.54, 1.807) is 72.8 Å². The summed E-state index contributed by atoms with van der Waals surface area (Å²) in [4.78, 5) is 0.341. The molecule has 0 unspecified atom stereocenters. The Morgan fingerprint density at radius 3 is 1.02 bits per heavy atom. The van der Waals surface area contributed by atoms with Gasteiger partial charge in [-0.2, -0.15) is 0 Å². The summed E-state index contributed by atoms with van der Waals surface area (Å²) in [7, 11) is -3.67. The number of hydrogen-bond acceptors (Lipinski definition) is 8. The van der Waals surface area contributed by atoms with E-state index < -0.39 is 9.84 Å². The monoisotopic (exact) mass is 672 g/mol. The fourth-order valence-corrected chi connectivity index (χ4v) is 6.38. The predicted molar refractivity (Wildman–Crippen MR) is 199 cm³/mol. The Morgan fingerprint density at radius 1 is 0.429 bits per heavy atom. The lowest BCUT2D eigenvalue weighted by Crippen LogP contribution is -2.01. The van der Waals surface area contributed by atoms with Crippen LogP contribution in [0.25, 0.3) is 0 Å². The highest BCUT2D eigenvalue weighted by atomic mass is 32.2. The number of benzene rings is 6. The summed E-state index contributed by atoms with van der Waals surface area (Å²) in [5, 5.41) is 0. The standard InChI is InChI=1S/C24H20N2O4S.C16H20N2/c25-17-1-5-19(6-2-17)29-21-9-13-23(14-10-21)31(27,28)24-15-11-22(12-16-24)30-20-7-3-18(26)4-8-20;1-11-9-15(17)7-5-13(11)3-4-14-6-8-16(18)10-12(14)2/h1-16H,25-26H2;5-10H,3-4,17-18H2,1-2H3. The molecule has 8 nitrogen and oxygen atoms in total. The second-order valence-electron chi connectivity index (χ2n) is 11.7. The Kier molecular flexibility index (Phi) is 10.8. The molecule has 0 aliphatic rings. The van der Waals surface area contributed by atoms with E-state index in [0.717, 1.165) is 24.2 Å². The molecular weight excluding hydrogens is 633 g/mol. The molecule has 6 aromatic carbocycles. The van der Waals surface area contributed by atoms with E-state index in [9.17, 15) is 8.42 Å². The van der Waals surface area contributed by atoms with Gasteiger partial charge in [-0.15, -0.1) is 0 Å². The highest BCUT2D eigenvalue weighted by Gasteiger charge is 2.18. The molecule has 6 rings (SSSR count). The molecule has 0 aromatic heterocycles. The zero-order valence-corrected chi connectivity index (χ0v) is 28.3. The molecule has 0 atom stereocenters. The molecule has 0 fully saturated rings. The van der Waals surface area contributed by atoms with Crippen LogP contribution in [0.3, 0.4) is 0 Å². The molecule has 0 spiro atoms. The van der Waals surface area contributed by atoms with Crippen molar-refractivity contribution in [2.24, 2.45) is 0 Å². The quantitative estimate of drug-likeness (QED) is 0.111. The van der Waals surface area contributed by atoms with Gasteiger partial charge in [0.15, 0.2) is 0 Å². The molecule has 250 valence electrons. The van der Waals surface area contributed by atoms with Crippen LogP contribution in [0.4, 0.5) is 22.7 Å². The van der Waals surface area contributed by atoms with Crippen molar-refractivity contribution in [3.63, 3.8) is 0 Å². The summed E-state index contributed by atoms with van der Waals surface area (Å²) in [6.45, 7) is 4.23. The van der Waals surface area contributed by atoms with Gasteiger partial charge in [0.25, 0.3) is 0 Å². The minimum absolute atomic E-state index is 0.171. The highest BCUT2D eigenvalue weighted by molar-refractivity contribution is 7.91.